The van der Waals surface area contributed by atoms with Gasteiger partial charge in [0.2, 0.25) is 10.0 Å². The molecule has 1 aromatic carbocycles. The van der Waals surface area contributed by atoms with Gasteiger partial charge < -0.3 is 0 Å². The smallest absolute Gasteiger partial charge is 0.243 e. The normalized spacial score (nSPS) is 19.6. The predicted molar refractivity (Wildman–Crippen MR) is 76.6 cm³/mol. The first kappa shape index (κ1) is 15.9. The molecule has 1 heterocycles. The molecule has 0 amide bonds. The lowest BCUT2D eigenvalue weighted by atomic mass is 10.2. The van der Waals surface area contributed by atoms with E-state index in [0.29, 0.717) is 0 Å². The first-order valence-electron chi connectivity index (χ1n) is 6.91. The minimum Gasteiger partial charge on any atom is -0.299 e. The number of hydrogen-bond acceptors (Lipinski definition) is 4. The maximum absolute atomic E-state index is 13.8. The van der Waals surface area contributed by atoms with Crippen LogP contribution in [0.15, 0.2) is 23.1 Å². The van der Waals surface area contributed by atoms with Crippen LogP contribution >= 0.6 is 0 Å². The van der Waals surface area contributed by atoms with Crippen LogP contribution in [-0.2, 0) is 10.0 Å². The van der Waals surface area contributed by atoms with Gasteiger partial charge in [0.25, 0.3) is 0 Å². The quantitative estimate of drug-likeness (QED) is 0.893. The van der Waals surface area contributed by atoms with Crippen molar-refractivity contribution >= 4 is 10.0 Å². The van der Waals surface area contributed by atoms with Crippen LogP contribution in [0.4, 0.5) is 4.39 Å². The van der Waals surface area contributed by atoms with E-state index in [-0.39, 0.29) is 18.2 Å². The minimum atomic E-state index is -3.90. The van der Waals surface area contributed by atoms with Gasteiger partial charge in [0.1, 0.15) is 10.7 Å². The highest BCUT2D eigenvalue weighted by Gasteiger charge is 2.26. The summed E-state index contributed by atoms with van der Waals surface area (Å²) in [6.45, 7) is 4.15. The molecule has 1 aromatic rings. The Hall–Kier alpha value is -1.49. The van der Waals surface area contributed by atoms with Gasteiger partial charge in [-0.15, -0.1) is 0 Å². The van der Waals surface area contributed by atoms with E-state index >= 15 is 0 Å². The maximum Gasteiger partial charge on any atom is 0.243 e. The molecular formula is C14H18FN3O2S. The van der Waals surface area contributed by atoms with E-state index in [9.17, 15) is 12.8 Å². The van der Waals surface area contributed by atoms with Crippen molar-refractivity contribution in [3.05, 3.63) is 29.6 Å². The number of halogens is 1. The summed E-state index contributed by atoms with van der Waals surface area (Å²) in [5, 5.41) is 8.67. The van der Waals surface area contributed by atoms with E-state index in [1.165, 1.54) is 6.07 Å². The van der Waals surface area contributed by atoms with Crippen LogP contribution in [0.2, 0.25) is 0 Å². The van der Waals surface area contributed by atoms with Crippen molar-refractivity contribution in [2.24, 2.45) is 0 Å². The van der Waals surface area contributed by atoms with Gasteiger partial charge in [-0.3, -0.25) is 4.90 Å². The maximum atomic E-state index is 13.8. The Kier molecular flexibility index (Phi) is 4.93. The molecule has 114 valence electrons. The van der Waals surface area contributed by atoms with Crippen molar-refractivity contribution in [2.45, 2.75) is 30.7 Å². The van der Waals surface area contributed by atoms with Gasteiger partial charge in [-0.1, -0.05) is 6.92 Å². The lowest BCUT2D eigenvalue weighted by Crippen LogP contribution is -2.40. The fourth-order valence-electron chi connectivity index (χ4n) is 2.61. The van der Waals surface area contributed by atoms with Crippen LogP contribution in [0, 0.1) is 17.1 Å². The standard InChI is InChI=1S/C14H18FN3O2S/c1-2-18-7-3-4-12(18)10-17-21(19,20)14-6-5-11(9-16)8-13(14)15/h5-6,8,12,17H,2-4,7,10H2,1H3/t12-/m1/s1. The van der Waals surface area contributed by atoms with Gasteiger partial charge in [0.15, 0.2) is 0 Å². The lowest BCUT2D eigenvalue weighted by Gasteiger charge is -2.22. The summed E-state index contributed by atoms with van der Waals surface area (Å²) >= 11 is 0. The number of nitriles is 1. The van der Waals surface area contributed by atoms with Crippen LogP contribution in [0.25, 0.3) is 0 Å². The molecule has 1 aliphatic heterocycles. The average Bonchev–Trinajstić information content (AvgIpc) is 2.92. The van der Waals surface area contributed by atoms with Crippen molar-refractivity contribution in [3.8, 4) is 6.07 Å². The van der Waals surface area contributed by atoms with Crippen molar-refractivity contribution < 1.29 is 12.8 Å². The summed E-state index contributed by atoms with van der Waals surface area (Å²) in [4.78, 5) is 1.79. The monoisotopic (exact) mass is 311 g/mol. The van der Waals surface area contributed by atoms with E-state index in [4.69, 9.17) is 5.26 Å². The zero-order chi connectivity index (χ0) is 15.5. The third kappa shape index (κ3) is 3.59. The van der Waals surface area contributed by atoms with Crippen LogP contribution in [0.1, 0.15) is 25.3 Å². The molecule has 7 heteroatoms. The van der Waals surface area contributed by atoms with Gasteiger partial charge in [0, 0.05) is 12.6 Å². The van der Waals surface area contributed by atoms with E-state index in [1.807, 2.05) is 6.92 Å². The molecule has 0 aromatic heterocycles. The van der Waals surface area contributed by atoms with Crippen molar-refractivity contribution in [2.75, 3.05) is 19.6 Å². The number of nitrogens with zero attached hydrogens (tertiary/aromatic N) is 2. The van der Waals surface area contributed by atoms with Crippen LogP contribution in [-0.4, -0.2) is 39.0 Å². The fourth-order valence-corrected chi connectivity index (χ4v) is 3.74. The average molecular weight is 311 g/mol. The summed E-state index contributed by atoms with van der Waals surface area (Å²) in [7, 11) is -3.90. The van der Waals surface area contributed by atoms with E-state index in [2.05, 4.69) is 9.62 Å². The Morgan fingerprint density at radius 3 is 2.90 bits per heavy atom. The molecule has 1 aliphatic rings. The van der Waals surface area contributed by atoms with Crippen LogP contribution < -0.4 is 4.72 Å². The largest absolute Gasteiger partial charge is 0.299 e. The van der Waals surface area contributed by atoms with E-state index in [1.54, 1.807) is 6.07 Å². The SMILES string of the molecule is CCN1CCC[C@@H]1CNS(=O)(=O)c1ccc(C#N)cc1F. The molecule has 0 spiro atoms. The molecule has 2 rings (SSSR count). The number of likely N-dealkylation sites (N-methyl/N-ethyl adjacent to an activating group) is 1. The molecule has 0 saturated carbocycles. The molecule has 0 bridgehead atoms. The van der Waals surface area contributed by atoms with E-state index in [0.717, 1.165) is 38.1 Å². The van der Waals surface area contributed by atoms with Gasteiger partial charge in [-0.2, -0.15) is 5.26 Å². The van der Waals surface area contributed by atoms with Gasteiger partial charge in [0.05, 0.1) is 11.6 Å². The Labute approximate surface area is 124 Å². The van der Waals surface area contributed by atoms with Crippen molar-refractivity contribution in [1.82, 2.24) is 9.62 Å². The summed E-state index contributed by atoms with van der Waals surface area (Å²) < 4.78 is 40.6. The lowest BCUT2D eigenvalue weighted by molar-refractivity contribution is 0.268. The number of sulfonamides is 1. The first-order chi connectivity index (χ1) is 9.97. The highest BCUT2D eigenvalue weighted by atomic mass is 32.2. The molecule has 1 atom stereocenters. The van der Waals surface area contributed by atoms with Gasteiger partial charge >= 0.3 is 0 Å². The highest BCUT2D eigenvalue weighted by molar-refractivity contribution is 7.89. The fraction of sp³-hybridized carbons (Fsp3) is 0.500. The zero-order valence-corrected chi connectivity index (χ0v) is 12.7. The molecule has 0 unspecified atom stereocenters. The number of hydrogen-bond donors (Lipinski definition) is 1. The molecule has 0 radical (unpaired) electrons. The van der Waals surface area contributed by atoms with Crippen molar-refractivity contribution in [1.29, 1.82) is 5.26 Å². The Bertz CT molecular complexity index is 655. The van der Waals surface area contributed by atoms with E-state index < -0.39 is 20.7 Å². The molecule has 0 aliphatic carbocycles. The molecule has 5 nitrogen and oxygen atoms in total. The van der Waals surface area contributed by atoms with Crippen LogP contribution in [0.5, 0.6) is 0 Å². The summed E-state index contributed by atoms with van der Waals surface area (Å²) in [6, 6.07) is 5.29. The molecule has 1 saturated heterocycles. The third-order valence-electron chi connectivity index (χ3n) is 3.76. The molecule has 1 fully saturated rings. The van der Waals surface area contributed by atoms with Gasteiger partial charge in [-0.25, -0.2) is 17.5 Å². The first-order valence-corrected chi connectivity index (χ1v) is 8.39. The Morgan fingerprint density at radius 2 is 2.29 bits per heavy atom. The summed E-state index contributed by atoms with van der Waals surface area (Å²) in [5.41, 5.74) is 0.0967. The second-order valence-corrected chi connectivity index (χ2v) is 6.77. The summed E-state index contributed by atoms with van der Waals surface area (Å²) in [6.07, 6.45) is 1.98. The molecular weight excluding hydrogens is 293 g/mol. The zero-order valence-electron chi connectivity index (χ0n) is 11.8. The van der Waals surface area contributed by atoms with Crippen molar-refractivity contribution in [3.63, 3.8) is 0 Å². The third-order valence-corrected chi connectivity index (χ3v) is 5.22. The predicted octanol–water partition coefficient (Wildman–Crippen LogP) is 1.46. The Morgan fingerprint density at radius 1 is 1.52 bits per heavy atom. The van der Waals surface area contributed by atoms with Gasteiger partial charge in [-0.05, 0) is 44.1 Å². The number of likely N-dealkylation sites (tertiary alicyclic amines) is 1. The number of rotatable bonds is 5. The number of benzene rings is 1. The minimum absolute atomic E-state index is 0.0967. The molecule has 21 heavy (non-hydrogen) atoms. The number of nitrogens with one attached hydrogen (secondary N) is 1. The Balaban J connectivity index is 2.10. The topological polar surface area (TPSA) is 73.2 Å². The molecule has 1 N–H and O–H groups in total. The highest BCUT2D eigenvalue weighted by Crippen LogP contribution is 2.18. The van der Waals surface area contributed by atoms with Crippen LogP contribution in [0.3, 0.4) is 0 Å². The summed E-state index contributed by atoms with van der Waals surface area (Å²) in [5.74, 6) is -0.902. The second kappa shape index (κ2) is 6.52. The second-order valence-electron chi connectivity index (χ2n) is 5.03.